The molecule has 0 radical (unpaired) electrons. The lowest BCUT2D eigenvalue weighted by atomic mass is 10.1. The van der Waals surface area contributed by atoms with E-state index in [0.717, 1.165) is 0 Å². The van der Waals surface area contributed by atoms with Gasteiger partial charge in [-0.3, -0.25) is 4.79 Å². The maximum Gasteiger partial charge on any atom is 0.338 e. The molecule has 0 unspecified atom stereocenters. The highest BCUT2D eigenvalue weighted by Crippen LogP contribution is 2.23. The number of benzene rings is 2. The van der Waals surface area contributed by atoms with Crippen molar-refractivity contribution < 1.29 is 27.2 Å². The zero-order valence-electron chi connectivity index (χ0n) is 18.2. The summed E-state index contributed by atoms with van der Waals surface area (Å²) in [4.78, 5) is 24.4. The first-order chi connectivity index (χ1) is 16.2. The van der Waals surface area contributed by atoms with E-state index in [2.05, 4.69) is 9.82 Å². The summed E-state index contributed by atoms with van der Waals surface area (Å²) >= 11 is 6.01. The van der Waals surface area contributed by atoms with Crippen molar-refractivity contribution in [2.45, 2.75) is 12.7 Å². The molecule has 0 saturated heterocycles. The number of esters is 1. The number of furan rings is 1. The molecule has 178 valence electrons. The summed E-state index contributed by atoms with van der Waals surface area (Å²) in [6.07, 6.45) is 0. The molecule has 3 rings (SSSR count). The fourth-order valence-corrected chi connectivity index (χ4v) is 4.40. The quantitative estimate of drug-likeness (QED) is 0.187. The number of nitrogens with one attached hydrogen (secondary N) is 1. The lowest BCUT2D eigenvalue weighted by Crippen LogP contribution is -2.34. The van der Waals surface area contributed by atoms with Gasteiger partial charge in [-0.2, -0.15) is 5.10 Å². The van der Waals surface area contributed by atoms with Gasteiger partial charge in [0.1, 0.15) is 5.76 Å². The van der Waals surface area contributed by atoms with Gasteiger partial charge in [0.25, 0.3) is 0 Å². The number of hydrogen-bond donors (Lipinski definition) is 2. The fraction of sp³-hybridized carbons (Fsp3) is 0.174. The lowest BCUT2D eigenvalue weighted by molar-refractivity contribution is -0.112. The minimum Gasteiger partial charge on any atom is -0.462 e. The number of rotatable bonds is 10. The molecule has 34 heavy (non-hydrogen) atoms. The van der Waals surface area contributed by atoms with Crippen LogP contribution >= 0.6 is 11.6 Å². The topological polar surface area (TPSA) is 141 Å². The summed E-state index contributed by atoms with van der Waals surface area (Å²) in [5, 5.41) is 3.79. The third-order valence-electron chi connectivity index (χ3n) is 4.67. The summed E-state index contributed by atoms with van der Waals surface area (Å²) in [5.41, 5.74) is 1.21. The number of carbonyl (C=O) groups is 2. The van der Waals surface area contributed by atoms with Crippen LogP contribution in [0.1, 0.15) is 28.6 Å². The number of hydrogen-bond acceptors (Lipinski definition) is 8. The van der Waals surface area contributed by atoms with Crippen molar-refractivity contribution in [2.24, 2.45) is 10.9 Å². The molecular weight excluding hydrogens is 482 g/mol. The standard InChI is InChI=1S/C23H22ClN3O6S/c1-2-32-23(29)16-9-7-15(8-10-16)20-11-12-21(33-20)22(27-25)19(28)13-26-34(30,31)14-17-5-3-4-6-18(17)24/h3-12,26H,2,13-14,25H2,1H3/b27-22-. The van der Waals surface area contributed by atoms with Gasteiger partial charge in [0.05, 0.1) is 24.5 Å². The Morgan fingerprint density at radius 2 is 1.79 bits per heavy atom. The van der Waals surface area contributed by atoms with E-state index in [1.54, 1.807) is 61.5 Å². The summed E-state index contributed by atoms with van der Waals surface area (Å²) in [7, 11) is -3.85. The van der Waals surface area contributed by atoms with Crippen LogP contribution in [0.5, 0.6) is 0 Å². The van der Waals surface area contributed by atoms with E-state index in [1.165, 1.54) is 6.07 Å². The average Bonchev–Trinajstić information content (AvgIpc) is 3.30. The van der Waals surface area contributed by atoms with Crippen LogP contribution in [0.15, 0.2) is 70.2 Å². The third-order valence-corrected chi connectivity index (χ3v) is 6.31. The van der Waals surface area contributed by atoms with Crippen LogP contribution in [-0.2, 0) is 25.3 Å². The number of halogens is 1. The van der Waals surface area contributed by atoms with Crippen LogP contribution in [0.25, 0.3) is 11.3 Å². The van der Waals surface area contributed by atoms with E-state index in [4.69, 9.17) is 26.6 Å². The van der Waals surface area contributed by atoms with Gasteiger partial charge in [-0.15, -0.1) is 0 Å². The Labute approximate surface area is 201 Å². The normalized spacial score (nSPS) is 11.9. The number of nitrogens with two attached hydrogens (primary N) is 1. The number of carbonyl (C=O) groups excluding carboxylic acids is 2. The predicted octanol–water partition coefficient (Wildman–Crippen LogP) is 3.13. The van der Waals surface area contributed by atoms with E-state index in [9.17, 15) is 18.0 Å². The van der Waals surface area contributed by atoms with Gasteiger partial charge in [0, 0.05) is 10.6 Å². The number of sulfonamides is 1. The molecule has 1 aromatic heterocycles. The number of ketones is 1. The van der Waals surface area contributed by atoms with Gasteiger partial charge in [0.2, 0.25) is 15.8 Å². The largest absolute Gasteiger partial charge is 0.462 e. The molecule has 11 heteroatoms. The van der Waals surface area contributed by atoms with Crippen LogP contribution in [-0.4, -0.2) is 39.0 Å². The molecule has 1 heterocycles. The van der Waals surface area contributed by atoms with Gasteiger partial charge in [-0.05, 0) is 42.8 Å². The van der Waals surface area contributed by atoms with Crippen molar-refractivity contribution >= 4 is 39.1 Å². The Morgan fingerprint density at radius 1 is 1.09 bits per heavy atom. The highest BCUT2D eigenvalue weighted by Gasteiger charge is 2.22. The molecular formula is C23H22ClN3O6S. The highest BCUT2D eigenvalue weighted by atomic mass is 35.5. The fourth-order valence-electron chi connectivity index (χ4n) is 3.01. The molecule has 0 aliphatic heterocycles. The monoisotopic (exact) mass is 503 g/mol. The maximum atomic E-state index is 12.6. The van der Waals surface area contributed by atoms with E-state index in [-0.39, 0.29) is 23.8 Å². The van der Waals surface area contributed by atoms with Crippen molar-refractivity contribution in [1.29, 1.82) is 0 Å². The number of nitrogens with zero attached hydrogens (tertiary/aromatic N) is 1. The second-order valence-electron chi connectivity index (χ2n) is 7.03. The highest BCUT2D eigenvalue weighted by molar-refractivity contribution is 7.88. The molecule has 0 amide bonds. The van der Waals surface area contributed by atoms with Gasteiger partial charge in [0.15, 0.2) is 11.5 Å². The minimum absolute atomic E-state index is 0.0715. The predicted molar refractivity (Wildman–Crippen MR) is 128 cm³/mol. The Bertz CT molecular complexity index is 1320. The van der Waals surface area contributed by atoms with Crippen molar-refractivity contribution in [1.82, 2.24) is 4.72 Å². The van der Waals surface area contributed by atoms with E-state index in [1.807, 2.05) is 0 Å². The van der Waals surface area contributed by atoms with Crippen molar-refractivity contribution in [2.75, 3.05) is 13.2 Å². The van der Waals surface area contributed by atoms with Gasteiger partial charge in [-0.1, -0.05) is 41.9 Å². The zero-order chi connectivity index (χ0) is 24.7. The van der Waals surface area contributed by atoms with Crippen molar-refractivity contribution in [3.8, 4) is 11.3 Å². The van der Waals surface area contributed by atoms with E-state index < -0.39 is 28.3 Å². The van der Waals surface area contributed by atoms with Crippen LogP contribution < -0.4 is 10.6 Å². The first-order valence-corrected chi connectivity index (χ1v) is 12.2. The van der Waals surface area contributed by atoms with Crippen LogP contribution in [0.3, 0.4) is 0 Å². The SMILES string of the molecule is CCOC(=O)c1ccc(-c2ccc(/C(=N\N)C(=O)CNS(=O)(=O)Cc3ccccc3Cl)o2)cc1. The summed E-state index contributed by atoms with van der Waals surface area (Å²) < 4.78 is 37.6. The molecule has 2 aromatic carbocycles. The average molecular weight is 504 g/mol. The number of hydrazone groups is 1. The smallest absolute Gasteiger partial charge is 0.338 e. The van der Waals surface area contributed by atoms with E-state index in [0.29, 0.717) is 27.5 Å². The first-order valence-electron chi connectivity index (χ1n) is 10.1. The molecule has 0 spiro atoms. The molecule has 9 nitrogen and oxygen atoms in total. The zero-order valence-corrected chi connectivity index (χ0v) is 19.7. The maximum absolute atomic E-state index is 12.6. The first kappa shape index (κ1) is 25.2. The molecule has 0 atom stereocenters. The summed E-state index contributed by atoms with van der Waals surface area (Å²) in [6, 6.07) is 16.1. The van der Waals surface area contributed by atoms with Crippen LogP contribution in [0, 0.1) is 0 Å². The van der Waals surface area contributed by atoms with Crippen molar-refractivity contribution in [3.05, 3.63) is 82.6 Å². The minimum atomic E-state index is -3.85. The van der Waals surface area contributed by atoms with E-state index >= 15 is 0 Å². The molecule has 0 aliphatic rings. The Balaban J connectivity index is 1.67. The third kappa shape index (κ3) is 6.31. The molecule has 0 fully saturated rings. The Hall–Kier alpha value is -3.47. The second kappa shape index (κ2) is 11.1. The molecule has 3 N–H and O–H groups in total. The van der Waals surface area contributed by atoms with Gasteiger partial charge in [-0.25, -0.2) is 17.9 Å². The Morgan fingerprint density at radius 3 is 2.44 bits per heavy atom. The number of ether oxygens (including phenoxy) is 1. The molecule has 0 aliphatic carbocycles. The van der Waals surface area contributed by atoms with Gasteiger partial charge < -0.3 is 15.0 Å². The number of Topliss-reactive ketones (excluding diaryl/α,β-unsaturated/α-hetero) is 1. The summed E-state index contributed by atoms with van der Waals surface area (Å²) in [6.45, 7) is 1.43. The Kier molecular flexibility index (Phi) is 8.21. The molecule has 0 bridgehead atoms. The molecule has 3 aromatic rings. The second-order valence-corrected chi connectivity index (χ2v) is 9.25. The van der Waals surface area contributed by atoms with Crippen LogP contribution in [0.4, 0.5) is 0 Å². The van der Waals surface area contributed by atoms with Crippen LogP contribution in [0.2, 0.25) is 5.02 Å². The lowest BCUT2D eigenvalue weighted by Gasteiger charge is -2.08. The van der Waals surface area contributed by atoms with Crippen molar-refractivity contribution in [3.63, 3.8) is 0 Å². The molecule has 0 saturated carbocycles. The summed E-state index contributed by atoms with van der Waals surface area (Å²) in [5.74, 6) is 4.35. The van der Waals surface area contributed by atoms with Gasteiger partial charge >= 0.3 is 5.97 Å².